The molecule has 1 fully saturated rings. The molecule has 0 unspecified atom stereocenters. The molecule has 0 saturated heterocycles. The number of aliphatic hydroxyl groups excluding tert-OH is 1. The molecular formula is C14H25N3O. The Morgan fingerprint density at radius 3 is 2.83 bits per heavy atom. The van der Waals surface area contributed by atoms with E-state index in [0.717, 1.165) is 25.8 Å². The molecule has 18 heavy (non-hydrogen) atoms. The second-order valence-electron chi connectivity index (χ2n) is 5.72. The van der Waals surface area contributed by atoms with Crippen molar-refractivity contribution >= 4 is 0 Å². The number of hydrogen-bond donors (Lipinski definition) is 1. The van der Waals surface area contributed by atoms with Gasteiger partial charge < -0.3 is 9.67 Å². The van der Waals surface area contributed by atoms with Crippen LogP contribution in [0, 0.1) is 0 Å². The fourth-order valence-electron chi connectivity index (χ4n) is 2.90. The summed E-state index contributed by atoms with van der Waals surface area (Å²) in [6.45, 7) is 5.20. The van der Waals surface area contributed by atoms with Crippen molar-refractivity contribution in [3.8, 4) is 0 Å². The van der Waals surface area contributed by atoms with Crippen LogP contribution in [0.4, 0.5) is 0 Å². The Morgan fingerprint density at radius 1 is 1.44 bits per heavy atom. The molecule has 4 heteroatoms. The first-order chi connectivity index (χ1) is 8.59. The Labute approximate surface area is 110 Å². The van der Waals surface area contributed by atoms with Crippen molar-refractivity contribution in [3.05, 3.63) is 18.2 Å². The smallest absolute Gasteiger partial charge is 0.0951 e. The van der Waals surface area contributed by atoms with Gasteiger partial charge in [-0.15, -0.1) is 0 Å². The molecule has 2 rings (SSSR count). The first-order valence-corrected chi connectivity index (χ1v) is 6.98. The van der Waals surface area contributed by atoms with Gasteiger partial charge in [0.1, 0.15) is 0 Å². The van der Waals surface area contributed by atoms with Gasteiger partial charge in [-0.05, 0) is 33.7 Å². The molecule has 0 bridgehead atoms. The van der Waals surface area contributed by atoms with Gasteiger partial charge in [0, 0.05) is 24.8 Å². The minimum Gasteiger partial charge on any atom is -0.391 e. The molecule has 0 aromatic carbocycles. The summed E-state index contributed by atoms with van der Waals surface area (Å²) in [6.07, 6.45) is 8.10. The van der Waals surface area contributed by atoms with Crippen molar-refractivity contribution in [1.29, 1.82) is 0 Å². The average molecular weight is 251 g/mol. The molecule has 1 saturated carbocycles. The van der Waals surface area contributed by atoms with Crippen LogP contribution in [-0.2, 0) is 6.54 Å². The number of aromatic nitrogens is 2. The quantitative estimate of drug-likeness (QED) is 0.892. The standard InChI is InChI=1S/C14H25N3O/c1-11(2)17-10-15-8-12(17)9-16(3)13-6-4-5-7-14(13)18/h8,10-11,13-14,18H,4-7,9H2,1-3H3/t13-,14+/m1/s1. The van der Waals surface area contributed by atoms with Crippen molar-refractivity contribution in [2.45, 2.75) is 64.3 Å². The number of aliphatic hydroxyl groups is 1. The van der Waals surface area contributed by atoms with Crippen LogP contribution in [0.25, 0.3) is 0 Å². The maximum Gasteiger partial charge on any atom is 0.0951 e. The van der Waals surface area contributed by atoms with E-state index >= 15 is 0 Å². The molecule has 0 amide bonds. The lowest BCUT2D eigenvalue weighted by atomic mass is 9.91. The Bertz CT molecular complexity index is 375. The average Bonchev–Trinajstić information content (AvgIpc) is 2.77. The van der Waals surface area contributed by atoms with Gasteiger partial charge in [-0.3, -0.25) is 4.90 Å². The molecule has 4 nitrogen and oxygen atoms in total. The Balaban J connectivity index is 2.01. The van der Waals surface area contributed by atoms with Crippen LogP contribution in [0.15, 0.2) is 12.5 Å². The zero-order chi connectivity index (χ0) is 13.1. The third-order valence-electron chi connectivity index (χ3n) is 3.97. The summed E-state index contributed by atoms with van der Waals surface area (Å²) < 4.78 is 2.20. The second-order valence-corrected chi connectivity index (χ2v) is 5.72. The minimum absolute atomic E-state index is 0.167. The highest BCUT2D eigenvalue weighted by atomic mass is 16.3. The molecule has 1 heterocycles. The SMILES string of the molecule is CC(C)n1cncc1CN(C)[C@@H]1CCCC[C@@H]1O. The molecule has 0 radical (unpaired) electrons. The summed E-state index contributed by atoms with van der Waals surface area (Å²) in [5.41, 5.74) is 1.23. The van der Waals surface area contributed by atoms with Crippen molar-refractivity contribution in [1.82, 2.24) is 14.5 Å². The van der Waals surface area contributed by atoms with E-state index in [-0.39, 0.29) is 6.10 Å². The highest BCUT2D eigenvalue weighted by molar-refractivity contribution is 5.00. The fraction of sp³-hybridized carbons (Fsp3) is 0.786. The molecule has 1 aliphatic carbocycles. The van der Waals surface area contributed by atoms with E-state index in [1.165, 1.54) is 12.1 Å². The van der Waals surface area contributed by atoms with Crippen LogP contribution < -0.4 is 0 Å². The molecule has 2 atom stereocenters. The summed E-state index contributed by atoms with van der Waals surface area (Å²) in [6, 6.07) is 0.737. The van der Waals surface area contributed by atoms with Crippen molar-refractivity contribution in [3.63, 3.8) is 0 Å². The topological polar surface area (TPSA) is 41.3 Å². The predicted molar refractivity (Wildman–Crippen MR) is 72.3 cm³/mol. The van der Waals surface area contributed by atoms with Crippen LogP contribution >= 0.6 is 0 Å². The molecule has 0 aliphatic heterocycles. The highest BCUT2D eigenvalue weighted by Crippen LogP contribution is 2.23. The van der Waals surface area contributed by atoms with Crippen molar-refractivity contribution in [2.24, 2.45) is 0 Å². The van der Waals surface area contributed by atoms with Crippen LogP contribution in [0.2, 0.25) is 0 Å². The predicted octanol–water partition coefficient (Wildman–Crippen LogP) is 2.20. The minimum atomic E-state index is -0.167. The molecular weight excluding hydrogens is 226 g/mol. The number of imidazole rings is 1. The summed E-state index contributed by atoms with van der Waals surface area (Å²) in [5, 5.41) is 10.1. The number of hydrogen-bond acceptors (Lipinski definition) is 3. The molecule has 102 valence electrons. The van der Waals surface area contributed by atoms with Crippen molar-refractivity contribution < 1.29 is 5.11 Å². The molecule has 1 aliphatic rings. The monoisotopic (exact) mass is 251 g/mol. The number of nitrogens with zero attached hydrogens (tertiary/aromatic N) is 3. The van der Waals surface area contributed by atoms with Crippen LogP contribution in [0.1, 0.15) is 51.3 Å². The van der Waals surface area contributed by atoms with Gasteiger partial charge in [0.2, 0.25) is 0 Å². The Hall–Kier alpha value is -0.870. The van der Waals surface area contributed by atoms with E-state index in [9.17, 15) is 5.11 Å². The largest absolute Gasteiger partial charge is 0.391 e. The first-order valence-electron chi connectivity index (χ1n) is 6.98. The van der Waals surface area contributed by atoms with Gasteiger partial charge in [-0.1, -0.05) is 12.8 Å². The zero-order valence-corrected chi connectivity index (χ0v) is 11.7. The lowest BCUT2D eigenvalue weighted by Gasteiger charge is -2.35. The van der Waals surface area contributed by atoms with Crippen LogP contribution in [0.5, 0.6) is 0 Å². The van der Waals surface area contributed by atoms with Gasteiger partial charge in [-0.2, -0.15) is 0 Å². The summed E-state index contributed by atoms with van der Waals surface area (Å²) >= 11 is 0. The van der Waals surface area contributed by atoms with E-state index in [4.69, 9.17) is 0 Å². The first kappa shape index (κ1) is 13.6. The summed E-state index contributed by atoms with van der Waals surface area (Å²) in [5.74, 6) is 0. The van der Waals surface area contributed by atoms with Crippen LogP contribution in [-0.4, -0.2) is 38.8 Å². The Morgan fingerprint density at radius 2 is 2.17 bits per heavy atom. The lowest BCUT2D eigenvalue weighted by Crippen LogP contribution is -2.43. The second kappa shape index (κ2) is 5.85. The zero-order valence-electron chi connectivity index (χ0n) is 11.7. The number of likely N-dealkylation sites (N-methyl/N-ethyl adjacent to an activating group) is 1. The third kappa shape index (κ3) is 2.93. The molecule has 1 aromatic rings. The maximum atomic E-state index is 10.1. The normalized spacial score (nSPS) is 25.0. The highest BCUT2D eigenvalue weighted by Gasteiger charge is 2.27. The van der Waals surface area contributed by atoms with Gasteiger partial charge >= 0.3 is 0 Å². The van der Waals surface area contributed by atoms with Gasteiger partial charge in [0.25, 0.3) is 0 Å². The summed E-state index contributed by atoms with van der Waals surface area (Å²) in [4.78, 5) is 6.51. The third-order valence-corrected chi connectivity index (χ3v) is 3.97. The number of rotatable bonds is 4. The van der Waals surface area contributed by atoms with E-state index in [1.54, 1.807) is 0 Å². The Kier molecular flexibility index (Phi) is 4.40. The fourth-order valence-corrected chi connectivity index (χ4v) is 2.90. The van der Waals surface area contributed by atoms with E-state index in [0.29, 0.717) is 12.1 Å². The van der Waals surface area contributed by atoms with E-state index in [2.05, 4.69) is 35.3 Å². The lowest BCUT2D eigenvalue weighted by molar-refractivity contribution is 0.0278. The molecule has 1 N–H and O–H groups in total. The molecule has 0 spiro atoms. The van der Waals surface area contributed by atoms with Crippen molar-refractivity contribution in [2.75, 3.05) is 7.05 Å². The van der Waals surface area contributed by atoms with Gasteiger partial charge in [0.05, 0.1) is 18.1 Å². The van der Waals surface area contributed by atoms with Gasteiger partial charge in [0.15, 0.2) is 0 Å². The maximum absolute atomic E-state index is 10.1. The van der Waals surface area contributed by atoms with E-state index < -0.39 is 0 Å². The molecule has 1 aromatic heterocycles. The van der Waals surface area contributed by atoms with Crippen LogP contribution in [0.3, 0.4) is 0 Å². The summed E-state index contributed by atoms with van der Waals surface area (Å²) in [7, 11) is 2.11. The van der Waals surface area contributed by atoms with E-state index in [1.807, 2.05) is 12.5 Å². The van der Waals surface area contributed by atoms with Gasteiger partial charge in [-0.25, -0.2) is 4.98 Å².